The molecule has 5 heteroatoms. The third-order valence-electron chi connectivity index (χ3n) is 4.18. The summed E-state index contributed by atoms with van der Waals surface area (Å²) in [5.41, 5.74) is 0.983. The molecule has 0 aliphatic rings. The van der Waals surface area contributed by atoms with E-state index in [1.807, 2.05) is 80.6 Å². The second kappa shape index (κ2) is 8.27. The average Bonchev–Trinajstić information content (AvgIpc) is 2.69. The Kier molecular flexibility index (Phi) is 5.81. The van der Waals surface area contributed by atoms with E-state index in [4.69, 9.17) is 4.74 Å². The van der Waals surface area contributed by atoms with Gasteiger partial charge in [-0.2, -0.15) is 0 Å². The molecule has 0 aliphatic carbocycles. The van der Waals surface area contributed by atoms with Crippen molar-refractivity contribution in [3.63, 3.8) is 0 Å². The lowest BCUT2D eigenvalue weighted by Gasteiger charge is -2.28. The van der Waals surface area contributed by atoms with E-state index in [9.17, 15) is 4.79 Å². The van der Waals surface area contributed by atoms with Crippen molar-refractivity contribution >= 4 is 17.7 Å². The Balaban J connectivity index is 1.72. The van der Waals surface area contributed by atoms with Crippen molar-refractivity contribution in [2.45, 2.75) is 29.3 Å². The van der Waals surface area contributed by atoms with Crippen molar-refractivity contribution in [2.75, 3.05) is 7.11 Å². The van der Waals surface area contributed by atoms with Gasteiger partial charge in [-0.3, -0.25) is 4.79 Å². The Morgan fingerprint density at radius 1 is 1.00 bits per heavy atom. The van der Waals surface area contributed by atoms with Gasteiger partial charge < -0.3 is 10.1 Å². The molecule has 0 saturated carbocycles. The number of nitrogens with one attached hydrogen (secondary N) is 1. The molecule has 1 N–H and O–H groups in total. The number of benzene rings is 2. The largest absolute Gasteiger partial charge is 0.496 e. The molecule has 1 aromatic heterocycles. The smallest absolute Gasteiger partial charge is 0.251 e. The molecule has 0 bridgehead atoms. The van der Waals surface area contributed by atoms with Gasteiger partial charge in [-0.1, -0.05) is 36.0 Å². The van der Waals surface area contributed by atoms with Gasteiger partial charge in [-0.05, 0) is 56.3 Å². The van der Waals surface area contributed by atoms with E-state index < -0.39 is 5.54 Å². The number of methoxy groups -OCH3 is 1. The fourth-order valence-electron chi connectivity index (χ4n) is 2.79. The predicted octanol–water partition coefficient (Wildman–Crippen LogP) is 4.91. The molecule has 1 amide bonds. The molecule has 0 spiro atoms. The summed E-state index contributed by atoms with van der Waals surface area (Å²) in [5.74, 6) is 0.630. The SMILES string of the molecule is COc1ccccc1C(C)(C)NC(=O)c1ccc(Sc2ccccn2)cc1. The lowest BCUT2D eigenvalue weighted by molar-refractivity contribution is 0.0911. The maximum Gasteiger partial charge on any atom is 0.251 e. The van der Waals surface area contributed by atoms with Crippen LogP contribution in [0.2, 0.25) is 0 Å². The first kappa shape index (κ1) is 19.0. The number of hydrogen-bond acceptors (Lipinski definition) is 4. The van der Waals surface area contributed by atoms with Crippen molar-refractivity contribution < 1.29 is 9.53 Å². The van der Waals surface area contributed by atoms with Crippen LogP contribution < -0.4 is 10.1 Å². The Morgan fingerprint density at radius 3 is 2.37 bits per heavy atom. The zero-order valence-corrected chi connectivity index (χ0v) is 16.4. The van der Waals surface area contributed by atoms with Gasteiger partial charge in [0.1, 0.15) is 10.8 Å². The van der Waals surface area contributed by atoms with Gasteiger partial charge in [0.15, 0.2) is 0 Å². The van der Waals surface area contributed by atoms with Crippen LogP contribution in [0.4, 0.5) is 0 Å². The third kappa shape index (κ3) is 4.68. The topological polar surface area (TPSA) is 51.2 Å². The van der Waals surface area contributed by atoms with Gasteiger partial charge in [0.2, 0.25) is 0 Å². The molecule has 3 aromatic rings. The zero-order chi connectivity index (χ0) is 19.3. The molecule has 138 valence electrons. The summed E-state index contributed by atoms with van der Waals surface area (Å²) < 4.78 is 5.43. The van der Waals surface area contributed by atoms with E-state index in [-0.39, 0.29) is 5.91 Å². The number of pyridine rings is 1. The quantitative estimate of drug-likeness (QED) is 0.662. The third-order valence-corrected chi connectivity index (χ3v) is 5.14. The van der Waals surface area contributed by atoms with Gasteiger partial charge in [0.25, 0.3) is 5.91 Å². The molecule has 0 radical (unpaired) electrons. The number of aromatic nitrogens is 1. The number of amides is 1. The molecule has 27 heavy (non-hydrogen) atoms. The number of ether oxygens (including phenoxy) is 1. The summed E-state index contributed by atoms with van der Waals surface area (Å²) in [4.78, 5) is 18.1. The predicted molar refractivity (Wildman–Crippen MR) is 108 cm³/mol. The Morgan fingerprint density at radius 2 is 1.70 bits per heavy atom. The van der Waals surface area contributed by atoms with Crippen LogP contribution in [0, 0.1) is 0 Å². The highest BCUT2D eigenvalue weighted by atomic mass is 32.2. The van der Waals surface area contributed by atoms with Gasteiger partial charge in [0.05, 0.1) is 12.6 Å². The standard InChI is InChI=1S/C22H22N2O2S/c1-22(2,18-8-4-5-9-19(18)26-3)24-21(25)16-11-13-17(14-12-16)27-20-10-6-7-15-23-20/h4-15H,1-3H3,(H,24,25). The molecule has 0 aliphatic heterocycles. The summed E-state index contributed by atoms with van der Waals surface area (Å²) in [6.45, 7) is 3.93. The molecule has 0 atom stereocenters. The molecular formula is C22H22N2O2S. The number of hydrogen-bond donors (Lipinski definition) is 1. The van der Waals surface area contributed by atoms with E-state index in [0.717, 1.165) is 21.2 Å². The molecule has 0 saturated heterocycles. The van der Waals surface area contributed by atoms with Crippen molar-refractivity contribution in [1.82, 2.24) is 10.3 Å². The fraction of sp³-hybridized carbons (Fsp3) is 0.182. The van der Waals surface area contributed by atoms with Gasteiger partial charge >= 0.3 is 0 Å². The lowest BCUT2D eigenvalue weighted by atomic mass is 9.93. The van der Waals surface area contributed by atoms with Crippen LogP contribution in [-0.4, -0.2) is 18.0 Å². The van der Waals surface area contributed by atoms with Crippen molar-refractivity contribution in [3.8, 4) is 5.75 Å². The zero-order valence-electron chi connectivity index (χ0n) is 15.6. The van der Waals surface area contributed by atoms with Gasteiger partial charge in [-0.25, -0.2) is 4.98 Å². The highest BCUT2D eigenvalue weighted by molar-refractivity contribution is 7.99. The first-order valence-electron chi connectivity index (χ1n) is 8.64. The first-order chi connectivity index (χ1) is 13.0. The molecule has 2 aromatic carbocycles. The Bertz CT molecular complexity index is 909. The van der Waals surface area contributed by atoms with Gasteiger partial charge in [-0.15, -0.1) is 0 Å². The number of rotatable bonds is 6. The molecule has 0 unspecified atom stereocenters. The van der Waals surface area contributed by atoms with Gasteiger partial charge in [0, 0.05) is 22.2 Å². The van der Waals surface area contributed by atoms with E-state index in [1.54, 1.807) is 25.1 Å². The van der Waals surface area contributed by atoms with E-state index in [1.165, 1.54) is 0 Å². The van der Waals surface area contributed by atoms with Crippen LogP contribution in [0.5, 0.6) is 5.75 Å². The normalized spacial score (nSPS) is 11.1. The Labute approximate surface area is 164 Å². The maximum atomic E-state index is 12.7. The molecule has 3 rings (SSSR count). The van der Waals surface area contributed by atoms with Crippen LogP contribution in [0.25, 0.3) is 0 Å². The van der Waals surface area contributed by atoms with Crippen molar-refractivity contribution in [3.05, 3.63) is 84.1 Å². The van der Waals surface area contributed by atoms with Crippen LogP contribution in [0.15, 0.2) is 82.8 Å². The molecule has 4 nitrogen and oxygen atoms in total. The first-order valence-corrected chi connectivity index (χ1v) is 9.46. The highest BCUT2D eigenvalue weighted by Gasteiger charge is 2.26. The summed E-state index contributed by atoms with van der Waals surface area (Å²) in [5, 5.41) is 4.02. The summed E-state index contributed by atoms with van der Waals surface area (Å²) in [6, 6.07) is 21.1. The highest BCUT2D eigenvalue weighted by Crippen LogP contribution is 2.30. The number of nitrogens with zero attached hydrogens (tertiary/aromatic N) is 1. The molecule has 0 fully saturated rings. The van der Waals surface area contributed by atoms with Crippen LogP contribution in [0.3, 0.4) is 0 Å². The van der Waals surface area contributed by atoms with E-state index in [2.05, 4.69) is 10.3 Å². The van der Waals surface area contributed by atoms with Crippen molar-refractivity contribution in [2.24, 2.45) is 0 Å². The second-order valence-corrected chi connectivity index (χ2v) is 7.67. The fourth-order valence-corrected chi connectivity index (χ4v) is 3.56. The average molecular weight is 378 g/mol. The summed E-state index contributed by atoms with van der Waals surface area (Å²) in [7, 11) is 1.63. The maximum absolute atomic E-state index is 12.7. The van der Waals surface area contributed by atoms with E-state index in [0.29, 0.717) is 5.56 Å². The monoisotopic (exact) mass is 378 g/mol. The molecular weight excluding hydrogens is 356 g/mol. The van der Waals surface area contributed by atoms with E-state index >= 15 is 0 Å². The second-order valence-electron chi connectivity index (χ2n) is 6.57. The minimum Gasteiger partial charge on any atom is -0.496 e. The van der Waals surface area contributed by atoms with Crippen LogP contribution in [0.1, 0.15) is 29.8 Å². The number of carbonyl (C=O) groups is 1. The minimum absolute atomic E-state index is 0.125. The minimum atomic E-state index is -0.564. The lowest BCUT2D eigenvalue weighted by Crippen LogP contribution is -2.41. The number of para-hydroxylation sites is 1. The summed E-state index contributed by atoms with van der Waals surface area (Å²) >= 11 is 1.56. The molecule has 1 heterocycles. The number of carbonyl (C=O) groups excluding carboxylic acids is 1. The van der Waals surface area contributed by atoms with Crippen molar-refractivity contribution in [1.29, 1.82) is 0 Å². The Hall–Kier alpha value is -2.79. The van der Waals surface area contributed by atoms with Crippen LogP contribution >= 0.6 is 11.8 Å². The van der Waals surface area contributed by atoms with Crippen LogP contribution in [-0.2, 0) is 5.54 Å². The summed E-state index contributed by atoms with van der Waals surface area (Å²) in [6.07, 6.45) is 1.77.